The predicted molar refractivity (Wildman–Crippen MR) is 90.0 cm³/mol. The lowest BCUT2D eigenvalue weighted by Gasteiger charge is -2.30. The van der Waals surface area contributed by atoms with Crippen LogP contribution in [0.4, 0.5) is 5.69 Å². The second-order valence-corrected chi connectivity index (χ2v) is 6.16. The van der Waals surface area contributed by atoms with Gasteiger partial charge in [-0.2, -0.15) is 0 Å². The molecule has 1 aromatic rings. The number of anilines is 1. The van der Waals surface area contributed by atoms with Crippen LogP contribution in [0.25, 0.3) is 0 Å². The van der Waals surface area contributed by atoms with E-state index in [1.54, 1.807) is 11.8 Å². The lowest BCUT2D eigenvalue weighted by molar-refractivity contribution is 0.796. The van der Waals surface area contributed by atoms with Gasteiger partial charge in [-0.05, 0) is 48.8 Å². The van der Waals surface area contributed by atoms with Crippen LogP contribution in [0.15, 0.2) is 34.6 Å². The van der Waals surface area contributed by atoms with E-state index in [0.717, 1.165) is 6.54 Å². The molecule has 0 atom stereocenters. The van der Waals surface area contributed by atoms with Crippen molar-refractivity contribution < 1.29 is 0 Å². The Morgan fingerprint density at radius 1 is 1.42 bits per heavy atom. The normalized spacial score (nSPS) is 14.3. The highest BCUT2D eigenvalue weighted by atomic mass is 32.2. The van der Waals surface area contributed by atoms with Crippen LogP contribution in [0.1, 0.15) is 18.9 Å². The zero-order valence-electron chi connectivity index (χ0n) is 11.2. The first kappa shape index (κ1) is 16.0. The van der Waals surface area contributed by atoms with Gasteiger partial charge in [0.05, 0.1) is 5.69 Å². The molecule has 0 amide bonds. The fourth-order valence-corrected chi connectivity index (χ4v) is 3.51. The van der Waals surface area contributed by atoms with Crippen molar-refractivity contribution in [2.24, 2.45) is 5.73 Å². The van der Waals surface area contributed by atoms with Crippen molar-refractivity contribution in [2.45, 2.75) is 19.8 Å². The van der Waals surface area contributed by atoms with Gasteiger partial charge < -0.3 is 10.0 Å². The lowest BCUT2D eigenvalue weighted by Crippen LogP contribution is -2.22. The maximum absolute atomic E-state index is 5.48. The number of thioether (sulfide) groups is 1. The second-order valence-electron chi connectivity index (χ2n) is 3.99. The Morgan fingerprint density at radius 3 is 2.89 bits per heavy atom. The van der Waals surface area contributed by atoms with Gasteiger partial charge >= 0.3 is 0 Å². The Labute approximate surface area is 125 Å². The molecule has 0 saturated heterocycles. The van der Waals surface area contributed by atoms with Crippen molar-refractivity contribution in [2.75, 3.05) is 16.7 Å². The third kappa shape index (κ3) is 4.87. The molecular weight excluding hydrogens is 272 g/mol. The summed E-state index contributed by atoms with van der Waals surface area (Å²) in [5, 5.41) is 2.14. The maximum atomic E-state index is 5.48. The monoisotopic (exact) mass is 292 g/mol. The van der Waals surface area contributed by atoms with Crippen LogP contribution in [-0.4, -0.2) is 12.4 Å². The fourth-order valence-electron chi connectivity index (χ4n) is 1.95. The van der Waals surface area contributed by atoms with Gasteiger partial charge in [-0.25, -0.2) is 0 Å². The van der Waals surface area contributed by atoms with Crippen molar-refractivity contribution in [3.05, 3.63) is 40.1 Å². The maximum Gasteiger partial charge on any atom is 0.0505 e. The molecule has 0 saturated carbocycles. The number of aryl methyl sites for hydroxylation is 1. The number of nitrogens with zero attached hydrogens (tertiary/aromatic N) is 1. The van der Waals surface area contributed by atoms with Gasteiger partial charge in [0.1, 0.15) is 0 Å². The van der Waals surface area contributed by atoms with E-state index in [2.05, 4.69) is 53.7 Å². The van der Waals surface area contributed by atoms with E-state index >= 15 is 0 Å². The number of allylic oxidation sites excluding steroid dienone is 1. The molecule has 0 unspecified atom stereocenters. The summed E-state index contributed by atoms with van der Waals surface area (Å²) in [5.74, 6) is 0.647. The van der Waals surface area contributed by atoms with Gasteiger partial charge in [-0.1, -0.05) is 18.2 Å². The molecule has 1 aromatic carbocycles. The highest BCUT2D eigenvalue weighted by Gasteiger charge is 2.16. The van der Waals surface area contributed by atoms with E-state index in [1.165, 1.54) is 29.0 Å². The van der Waals surface area contributed by atoms with Crippen LogP contribution in [0.2, 0.25) is 0 Å². The van der Waals surface area contributed by atoms with Crippen molar-refractivity contribution in [3.8, 4) is 12.8 Å². The van der Waals surface area contributed by atoms with Crippen LogP contribution in [-0.2, 0) is 6.42 Å². The molecule has 102 valence electrons. The molecule has 19 heavy (non-hydrogen) atoms. The van der Waals surface area contributed by atoms with Crippen LogP contribution in [0.3, 0.4) is 0 Å². The Hall–Kier alpha value is -1.02. The zero-order chi connectivity index (χ0) is 14.1. The third-order valence-electron chi connectivity index (χ3n) is 2.67. The van der Waals surface area contributed by atoms with E-state index in [4.69, 9.17) is 5.73 Å². The summed E-state index contributed by atoms with van der Waals surface area (Å²) in [7, 11) is 0. The molecule has 0 aromatic heterocycles. The van der Waals surface area contributed by atoms with Crippen molar-refractivity contribution >= 4 is 29.4 Å². The molecule has 0 bridgehead atoms. The quantitative estimate of drug-likeness (QED) is 0.518. The van der Waals surface area contributed by atoms with Gasteiger partial charge in [-0.3, -0.25) is 0 Å². The minimum absolute atomic E-state index is 0.647. The molecule has 1 aliphatic heterocycles. The Balaban J connectivity index is 0.000000861. The molecule has 1 aliphatic rings. The number of nitrogens with two attached hydrogens (primary N) is 1. The van der Waals surface area contributed by atoms with E-state index in [-0.39, 0.29) is 0 Å². The summed E-state index contributed by atoms with van der Waals surface area (Å²) in [6.45, 7) is 3.27. The first-order valence-electron chi connectivity index (χ1n) is 6.16. The Bertz CT molecular complexity index is 441. The highest BCUT2D eigenvalue weighted by molar-refractivity contribution is 8.06. The van der Waals surface area contributed by atoms with E-state index < -0.39 is 0 Å². The summed E-state index contributed by atoms with van der Waals surface area (Å²) in [5.41, 5.74) is 8.32. The number of benzene rings is 1. The van der Waals surface area contributed by atoms with Crippen molar-refractivity contribution in [1.82, 2.24) is 0 Å². The smallest absolute Gasteiger partial charge is 0.0505 e. The standard InChI is InChI=1S/C13H18N2S2.C2H2/c1-11(9-16-10-14)17-15-8-4-6-12-5-2-3-7-13(12)15;1-2/h2-3,5,7,9H,4,6,8,10,14H2,1H3;1-2H/b11-9+;. The minimum atomic E-state index is 0.647. The molecule has 1 heterocycles. The van der Waals surface area contributed by atoms with E-state index in [9.17, 15) is 0 Å². The molecular formula is C15H20N2S2. The summed E-state index contributed by atoms with van der Waals surface area (Å²) < 4.78 is 2.39. The summed E-state index contributed by atoms with van der Waals surface area (Å²) in [4.78, 5) is 1.30. The average Bonchev–Trinajstić information content (AvgIpc) is 2.48. The summed E-state index contributed by atoms with van der Waals surface area (Å²) in [6.07, 6.45) is 10.4. The van der Waals surface area contributed by atoms with Gasteiger partial charge in [0, 0.05) is 17.3 Å². The number of rotatable bonds is 4. The molecule has 2 N–H and O–H groups in total. The summed E-state index contributed by atoms with van der Waals surface area (Å²) in [6, 6.07) is 8.69. The van der Waals surface area contributed by atoms with Crippen LogP contribution in [0.5, 0.6) is 0 Å². The first-order chi connectivity index (χ1) is 9.31. The molecule has 2 nitrogen and oxygen atoms in total. The first-order valence-corrected chi connectivity index (χ1v) is 7.98. The van der Waals surface area contributed by atoms with Crippen LogP contribution >= 0.6 is 23.7 Å². The molecule has 0 radical (unpaired) electrons. The molecule has 0 aliphatic carbocycles. The van der Waals surface area contributed by atoms with Gasteiger partial charge in [0.15, 0.2) is 0 Å². The molecule has 0 fully saturated rings. The van der Waals surface area contributed by atoms with Crippen molar-refractivity contribution in [1.29, 1.82) is 0 Å². The topological polar surface area (TPSA) is 29.3 Å². The van der Waals surface area contributed by atoms with Gasteiger partial charge in [0.2, 0.25) is 0 Å². The van der Waals surface area contributed by atoms with Crippen molar-refractivity contribution in [3.63, 3.8) is 0 Å². The Kier molecular flexibility index (Phi) is 7.57. The molecule has 0 spiro atoms. The second kappa shape index (κ2) is 8.98. The number of fused-ring (bicyclic) bond motifs is 1. The summed E-state index contributed by atoms with van der Waals surface area (Å²) >= 11 is 3.48. The lowest BCUT2D eigenvalue weighted by atomic mass is 10.0. The highest BCUT2D eigenvalue weighted by Crippen LogP contribution is 2.35. The number of hydrogen-bond acceptors (Lipinski definition) is 4. The third-order valence-corrected chi connectivity index (χ3v) is 4.53. The number of para-hydroxylation sites is 1. The van der Waals surface area contributed by atoms with Crippen LogP contribution in [0, 0.1) is 12.8 Å². The fraction of sp³-hybridized carbons (Fsp3) is 0.333. The average molecular weight is 292 g/mol. The largest absolute Gasteiger partial charge is 0.322 e. The zero-order valence-corrected chi connectivity index (χ0v) is 12.8. The Morgan fingerprint density at radius 2 is 2.16 bits per heavy atom. The molecule has 4 heteroatoms. The van der Waals surface area contributed by atoms with E-state index in [1.807, 2.05) is 11.9 Å². The SMILES string of the molecule is C#C.C/C(=C\SCN)SN1CCCc2ccccc21. The van der Waals surface area contributed by atoms with Crippen LogP contribution < -0.4 is 10.0 Å². The predicted octanol–water partition coefficient (Wildman–Crippen LogP) is 3.85. The number of hydrogen-bond donors (Lipinski definition) is 1. The molecule has 2 rings (SSSR count). The van der Waals surface area contributed by atoms with E-state index in [0.29, 0.717) is 5.88 Å². The minimum Gasteiger partial charge on any atom is -0.322 e. The van der Waals surface area contributed by atoms with Gasteiger partial charge in [-0.15, -0.1) is 24.6 Å². The van der Waals surface area contributed by atoms with Gasteiger partial charge in [0.25, 0.3) is 0 Å². The number of terminal acetylenes is 1.